The molecule has 0 saturated carbocycles. The highest BCUT2D eigenvalue weighted by Crippen LogP contribution is 2.46. The second-order valence-electron chi connectivity index (χ2n) is 6.51. The van der Waals surface area contributed by atoms with Crippen molar-refractivity contribution in [1.29, 1.82) is 0 Å². The smallest absolute Gasteiger partial charge is 0.318 e. The van der Waals surface area contributed by atoms with Gasteiger partial charge in [0.15, 0.2) is 9.84 Å². The maximum absolute atomic E-state index is 12.0. The van der Waals surface area contributed by atoms with Gasteiger partial charge in [-0.15, -0.1) is 0 Å². The quantitative estimate of drug-likeness (QED) is 0.738. The van der Waals surface area contributed by atoms with E-state index in [-0.39, 0.29) is 29.0 Å². The minimum Gasteiger partial charge on any atom is -0.481 e. The Bertz CT molecular complexity index is 827. The molecule has 0 amide bonds. The van der Waals surface area contributed by atoms with Gasteiger partial charge in [-0.25, -0.2) is 8.42 Å². The monoisotopic (exact) mass is 353 g/mol. The molecule has 0 saturated heterocycles. The van der Waals surface area contributed by atoms with Crippen LogP contribution in [0.1, 0.15) is 25.3 Å². The highest BCUT2D eigenvalue weighted by Gasteiger charge is 2.51. The lowest BCUT2D eigenvalue weighted by atomic mass is 9.62. The van der Waals surface area contributed by atoms with Gasteiger partial charge in [-0.2, -0.15) is 0 Å². The van der Waals surface area contributed by atoms with Crippen LogP contribution in [0.5, 0.6) is 0 Å². The maximum atomic E-state index is 12.0. The minimum absolute atomic E-state index is 0.0544. The molecule has 0 radical (unpaired) electrons. The Morgan fingerprint density at radius 3 is 2.08 bits per heavy atom. The van der Waals surface area contributed by atoms with Gasteiger partial charge in [0, 0.05) is 18.4 Å². The van der Waals surface area contributed by atoms with E-state index in [1.807, 2.05) is 0 Å². The molecule has 2 rings (SSSR count). The summed E-state index contributed by atoms with van der Waals surface area (Å²) in [6.45, 7) is 1.46. The Kier molecular flexibility index (Phi) is 4.22. The fourth-order valence-electron chi connectivity index (χ4n) is 3.14. The predicted octanol–water partition coefficient (Wildman–Crippen LogP) is 1.14. The molecule has 0 heterocycles. The average molecular weight is 353 g/mol. The summed E-state index contributed by atoms with van der Waals surface area (Å²) in [6, 6.07) is 5.40. The standard InChI is InChI=1S/C16H19NO6S/c1-15(13(18)19)7-11(17)8-16(9-15,14(20)21)10-3-5-12(6-4-10)24(2,22)23/h3-6,8H,7,9,17H2,1-2H3,(H,18,19)(H,20,21). The third-order valence-electron chi connectivity index (χ3n) is 4.39. The topological polar surface area (TPSA) is 135 Å². The lowest BCUT2D eigenvalue weighted by Crippen LogP contribution is -2.46. The molecule has 1 aliphatic rings. The third kappa shape index (κ3) is 3.01. The van der Waals surface area contributed by atoms with Gasteiger partial charge in [0.05, 0.1) is 10.3 Å². The molecule has 2 atom stereocenters. The summed E-state index contributed by atoms with van der Waals surface area (Å²) in [4.78, 5) is 23.7. The molecule has 130 valence electrons. The molecule has 7 nitrogen and oxygen atoms in total. The van der Waals surface area contributed by atoms with Gasteiger partial charge in [-0.1, -0.05) is 12.1 Å². The second kappa shape index (κ2) is 5.62. The van der Waals surface area contributed by atoms with Gasteiger partial charge in [0.25, 0.3) is 0 Å². The Labute approximate surface area is 139 Å². The highest BCUT2D eigenvalue weighted by molar-refractivity contribution is 7.90. The molecule has 1 aromatic carbocycles. The summed E-state index contributed by atoms with van der Waals surface area (Å²) >= 11 is 0. The molecule has 1 aliphatic carbocycles. The van der Waals surface area contributed by atoms with E-state index in [2.05, 4.69) is 0 Å². The van der Waals surface area contributed by atoms with E-state index in [1.54, 1.807) is 0 Å². The van der Waals surface area contributed by atoms with Crippen LogP contribution < -0.4 is 5.73 Å². The molecule has 24 heavy (non-hydrogen) atoms. The molecule has 1 aromatic rings. The molecule has 0 spiro atoms. The number of benzene rings is 1. The number of sulfone groups is 1. The molecular formula is C16H19NO6S. The summed E-state index contributed by atoms with van der Waals surface area (Å²) in [5.41, 5.74) is 3.36. The Hall–Kier alpha value is -2.35. The van der Waals surface area contributed by atoms with Crippen molar-refractivity contribution >= 4 is 21.8 Å². The second-order valence-corrected chi connectivity index (χ2v) is 8.53. The van der Waals surface area contributed by atoms with Crippen molar-refractivity contribution in [1.82, 2.24) is 0 Å². The maximum Gasteiger partial charge on any atom is 0.318 e. The van der Waals surface area contributed by atoms with Crippen molar-refractivity contribution in [3.8, 4) is 0 Å². The van der Waals surface area contributed by atoms with Crippen LogP contribution in [0.3, 0.4) is 0 Å². The van der Waals surface area contributed by atoms with E-state index in [4.69, 9.17) is 5.73 Å². The van der Waals surface area contributed by atoms with E-state index >= 15 is 0 Å². The Morgan fingerprint density at radius 1 is 1.12 bits per heavy atom. The molecule has 2 unspecified atom stereocenters. The lowest BCUT2D eigenvalue weighted by molar-refractivity contribution is -0.152. The van der Waals surface area contributed by atoms with Gasteiger partial charge in [-0.3, -0.25) is 9.59 Å². The van der Waals surface area contributed by atoms with Crippen molar-refractivity contribution in [2.24, 2.45) is 11.1 Å². The zero-order valence-electron chi connectivity index (χ0n) is 13.3. The van der Waals surface area contributed by atoms with Crippen LogP contribution in [0.15, 0.2) is 40.9 Å². The van der Waals surface area contributed by atoms with Crippen LogP contribution in [0.4, 0.5) is 0 Å². The average Bonchev–Trinajstić information content (AvgIpc) is 2.45. The summed E-state index contributed by atoms with van der Waals surface area (Å²) in [6.07, 6.45) is 2.28. The number of carboxylic acids is 2. The molecule has 4 N–H and O–H groups in total. The van der Waals surface area contributed by atoms with Gasteiger partial charge >= 0.3 is 11.9 Å². The van der Waals surface area contributed by atoms with Gasteiger partial charge in [0.2, 0.25) is 0 Å². The Morgan fingerprint density at radius 2 is 1.67 bits per heavy atom. The molecule has 8 heteroatoms. The normalized spacial score (nSPS) is 27.3. The SMILES string of the molecule is CC1(C(=O)O)CC(N)=CC(C(=O)O)(c2ccc(S(C)(=O)=O)cc2)C1. The first-order valence-corrected chi connectivity index (χ1v) is 9.04. The first-order chi connectivity index (χ1) is 10.9. The summed E-state index contributed by atoms with van der Waals surface area (Å²) < 4.78 is 23.1. The van der Waals surface area contributed by atoms with Gasteiger partial charge < -0.3 is 15.9 Å². The number of aliphatic carboxylic acids is 2. The molecule has 0 aromatic heterocycles. The van der Waals surface area contributed by atoms with E-state index in [0.29, 0.717) is 0 Å². The van der Waals surface area contributed by atoms with Crippen molar-refractivity contribution in [3.63, 3.8) is 0 Å². The Balaban J connectivity index is 2.62. The number of hydrogen-bond donors (Lipinski definition) is 3. The number of rotatable bonds is 4. The first-order valence-electron chi connectivity index (χ1n) is 7.15. The van der Waals surface area contributed by atoms with E-state index in [0.717, 1.165) is 6.26 Å². The van der Waals surface area contributed by atoms with Crippen molar-refractivity contribution in [3.05, 3.63) is 41.6 Å². The van der Waals surface area contributed by atoms with E-state index in [9.17, 15) is 28.2 Å². The van der Waals surface area contributed by atoms with E-state index in [1.165, 1.54) is 37.3 Å². The predicted molar refractivity (Wildman–Crippen MR) is 86.1 cm³/mol. The molecule has 0 aliphatic heterocycles. The van der Waals surface area contributed by atoms with Crippen LogP contribution in [-0.4, -0.2) is 36.8 Å². The summed E-state index contributed by atoms with van der Waals surface area (Å²) in [5, 5.41) is 19.3. The number of carbonyl (C=O) groups is 2. The molecule has 0 bridgehead atoms. The van der Waals surface area contributed by atoms with Crippen LogP contribution in [0, 0.1) is 5.41 Å². The fraction of sp³-hybridized carbons (Fsp3) is 0.375. The number of allylic oxidation sites excluding steroid dienone is 1. The van der Waals surface area contributed by atoms with Crippen molar-refractivity contribution < 1.29 is 28.2 Å². The first kappa shape index (κ1) is 18.0. The lowest BCUT2D eigenvalue weighted by Gasteiger charge is -2.39. The molecule has 0 fully saturated rings. The summed E-state index contributed by atoms with van der Waals surface area (Å²) in [7, 11) is -3.42. The van der Waals surface area contributed by atoms with E-state index < -0.39 is 32.6 Å². The van der Waals surface area contributed by atoms with Gasteiger partial charge in [-0.05, 0) is 37.1 Å². The number of nitrogens with two attached hydrogens (primary N) is 1. The van der Waals surface area contributed by atoms with Crippen LogP contribution in [-0.2, 0) is 24.8 Å². The third-order valence-corrected chi connectivity index (χ3v) is 5.52. The van der Waals surface area contributed by atoms with Crippen LogP contribution in [0.25, 0.3) is 0 Å². The minimum atomic E-state index is -3.42. The molecular weight excluding hydrogens is 334 g/mol. The largest absolute Gasteiger partial charge is 0.481 e. The summed E-state index contributed by atoms with van der Waals surface area (Å²) in [5.74, 6) is -2.36. The van der Waals surface area contributed by atoms with Gasteiger partial charge in [0.1, 0.15) is 5.41 Å². The fourth-order valence-corrected chi connectivity index (χ4v) is 3.77. The zero-order chi connectivity index (χ0) is 18.3. The van der Waals surface area contributed by atoms with Crippen LogP contribution >= 0.6 is 0 Å². The van der Waals surface area contributed by atoms with Crippen molar-refractivity contribution in [2.45, 2.75) is 30.1 Å². The zero-order valence-corrected chi connectivity index (χ0v) is 14.1. The number of carboxylic acid groups (broad SMARTS) is 2. The highest BCUT2D eigenvalue weighted by atomic mass is 32.2. The van der Waals surface area contributed by atoms with Crippen molar-refractivity contribution in [2.75, 3.05) is 6.26 Å². The number of hydrogen-bond acceptors (Lipinski definition) is 5. The van der Waals surface area contributed by atoms with Crippen LogP contribution in [0.2, 0.25) is 0 Å².